The molecule has 1 heterocycles. The lowest BCUT2D eigenvalue weighted by atomic mass is 9.79. The van der Waals surface area contributed by atoms with Gasteiger partial charge in [-0.15, -0.1) is 0 Å². The van der Waals surface area contributed by atoms with Crippen LogP contribution >= 0.6 is 7.37 Å². The maximum atomic E-state index is 14.2. The number of aliphatic hydroxyl groups excluding tert-OH is 1. The fourth-order valence-electron chi connectivity index (χ4n) is 3.95. The Morgan fingerprint density at radius 3 is 2.67 bits per heavy atom. The molecule has 1 saturated carbocycles. The summed E-state index contributed by atoms with van der Waals surface area (Å²) in [6.07, 6.45) is 3.65. The number of nitrogens with zero attached hydrogens (tertiary/aromatic N) is 1. The van der Waals surface area contributed by atoms with E-state index in [2.05, 4.69) is 4.98 Å². The van der Waals surface area contributed by atoms with Crippen LogP contribution in [0.15, 0.2) is 36.5 Å². The molecule has 0 spiro atoms. The first-order chi connectivity index (χ1) is 14.2. The molecule has 0 aliphatic heterocycles. The molecule has 1 aromatic heterocycles. The quantitative estimate of drug-likeness (QED) is 0.591. The van der Waals surface area contributed by atoms with Crippen LogP contribution in [0.4, 0.5) is 4.39 Å². The highest BCUT2D eigenvalue weighted by Gasteiger charge is 2.25. The van der Waals surface area contributed by atoms with E-state index in [0.29, 0.717) is 35.3 Å². The number of ether oxygens (including phenoxy) is 2. The highest BCUT2D eigenvalue weighted by atomic mass is 31.2. The van der Waals surface area contributed by atoms with Crippen LogP contribution in [0.2, 0.25) is 0 Å². The standard InChI is InChI=1S/C22H29FNO5P/c1-28-22-11-19(20(23)12-24-22)16-8-6-15(7-9-16)13-29-18-5-3-4-17(10-18)21(25)14-30(2,26)27/h3-5,10-12,15-16,21,25H,6-9,13-14H2,1-2H3,(H,26,27)/t15?,16?,21-/m1/s1. The van der Waals surface area contributed by atoms with Gasteiger partial charge >= 0.3 is 0 Å². The van der Waals surface area contributed by atoms with E-state index in [0.717, 1.165) is 25.7 Å². The van der Waals surface area contributed by atoms with Crippen molar-refractivity contribution in [2.75, 3.05) is 26.5 Å². The van der Waals surface area contributed by atoms with Gasteiger partial charge in [-0.3, -0.25) is 4.57 Å². The summed E-state index contributed by atoms with van der Waals surface area (Å²) in [5.41, 5.74) is 1.23. The Morgan fingerprint density at radius 2 is 2.00 bits per heavy atom. The number of aromatic nitrogens is 1. The summed E-state index contributed by atoms with van der Waals surface area (Å²) in [7, 11) is -1.78. The van der Waals surface area contributed by atoms with Crippen molar-refractivity contribution in [3.63, 3.8) is 0 Å². The van der Waals surface area contributed by atoms with Gasteiger partial charge in [0.05, 0.1) is 32.2 Å². The van der Waals surface area contributed by atoms with Crippen molar-refractivity contribution in [3.05, 3.63) is 53.5 Å². The van der Waals surface area contributed by atoms with Gasteiger partial charge in [-0.2, -0.15) is 0 Å². The van der Waals surface area contributed by atoms with Gasteiger partial charge in [-0.25, -0.2) is 9.37 Å². The lowest BCUT2D eigenvalue weighted by Gasteiger charge is -2.29. The second kappa shape index (κ2) is 9.90. The van der Waals surface area contributed by atoms with Crippen LogP contribution < -0.4 is 9.47 Å². The molecule has 0 radical (unpaired) electrons. The van der Waals surface area contributed by atoms with Gasteiger partial charge in [0.1, 0.15) is 11.6 Å². The zero-order valence-corrected chi connectivity index (χ0v) is 18.2. The molecule has 0 bridgehead atoms. The van der Waals surface area contributed by atoms with Gasteiger partial charge in [0, 0.05) is 12.7 Å². The smallest absolute Gasteiger partial charge is 0.213 e. The Kier molecular flexibility index (Phi) is 7.50. The molecular weight excluding hydrogens is 408 g/mol. The molecule has 2 aromatic rings. The van der Waals surface area contributed by atoms with Crippen molar-refractivity contribution in [1.29, 1.82) is 0 Å². The van der Waals surface area contributed by atoms with E-state index in [1.807, 2.05) is 6.07 Å². The van der Waals surface area contributed by atoms with Crippen molar-refractivity contribution >= 4 is 7.37 Å². The van der Waals surface area contributed by atoms with Gasteiger partial charge in [0.2, 0.25) is 13.2 Å². The molecule has 0 saturated heterocycles. The van der Waals surface area contributed by atoms with E-state index in [4.69, 9.17) is 9.47 Å². The van der Waals surface area contributed by atoms with Crippen LogP contribution in [-0.2, 0) is 4.57 Å². The average molecular weight is 437 g/mol. The van der Waals surface area contributed by atoms with E-state index >= 15 is 0 Å². The maximum Gasteiger partial charge on any atom is 0.213 e. The average Bonchev–Trinajstić information content (AvgIpc) is 2.72. The van der Waals surface area contributed by atoms with Crippen molar-refractivity contribution in [1.82, 2.24) is 4.98 Å². The third-order valence-electron chi connectivity index (χ3n) is 5.60. The van der Waals surface area contributed by atoms with Crippen molar-refractivity contribution in [2.45, 2.75) is 37.7 Å². The third-order valence-corrected chi connectivity index (χ3v) is 6.62. The van der Waals surface area contributed by atoms with Crippen LogP contribution in [0.5, 0.6) is 11.6 Å². The molecular formula is C22H29FNO5P. The lowest BCUT2D eigenvalue weighted by molar-refractivity contribution is 0.191. The number of hydrogen-bond donors (Lipinski definition) is 2. The second-order valence-corrected chi connectivity index (χ2v) is 10.6. The predicted octanol–water partition coefficient (Wildman–Crippen LogP) is 4.52. The summed E-state index contributed by atoms with van der Waals surface area (Å²) in [5.74, 6) is 1.29. The SMILES string of the molecule is COc1cc(C2CCC(COc3cccc([C@H](O)CP(C)(=O)O)c3)CC2)c(F)cn1. The minimum absolute atomic E-state index is 0.153. The number of halogens is 1. The Labute approximate surface area is 176 Å². The zero-order chi connectivity index (χ0) is 21.7. The Hall–Kier alpha value is -1.95. The summed E-state index contributed by atoms with van der Waals surface area (Å²) >= 11 is 0. The predicted molar refractivity (Wildman–Crippen MR) is 113 cm³/mol. The van der Waals surface area contributed by atoms with Gasteiger partial charge in [0.25, 0.3) is 0 Å². The molecule has 1 unspecified atom stereocenters. The van der Waals surface area contributed by atoms with Gasteiger partial charge in [-0.05, 0) is 60.8 Å². The molecule has 2 atom stereocenters. The van der Waals surface area contributed by atoms with E-state index in [1.54, 1.807) is 24.3 Å². The molecule has 3 rings (SSSR count). The van der Waals surface area contributed by atoms with Gasteiger partial charge < -0.3 is 19.5 Å². The number of hydrogen-bond acceptors (Lipinski definition) is 5. The second-order valence-electron chi connectivity index (χ2n) is 8.10. The Bertz CT molecular complexity index is 895. The first-order valence-corrected chi connectivity index (χ1v) is 12.4. The monoisotopic (exact) mass is 437 g/mol. The minimum atomic E-state index is -3.31. The number of pyridine rings is 1. The number of methoxy groups -OCH3 is 1. The molecule has 1 aliphatic carbocycles. The molecule has 30 heavy (non-hydrogen) atoms. The topological polar surface area (TPSA) is 88.9 Å². The van der Waals surface area contributed by atoms with Crippen molar-refractivity contribution in [2.24, 2.45) is 5.92 Å². The zero-order valence-electron chi connectivity index (χ0n) is 17.3. The highest BCUT2D eigenvalue weighted by Crippen LogP contribution is 2.40. The van der Waals surface area contributed by atoms with Crippen molar-refractivity contribution < 1.29 is 28.4 Å². The van der Waals surface area contributed by atoms with Gasteiger partial charge in [0.15, 0.2) is 0 Å². The third kappa shape index (κ3) is 6.27. The highest BCUT2D eigenvalue weighted by molar-refractivity contribution is 7.57. The first-order valence-electron chi connectivity index (χ1n) is 10.1. The molecule has 0 amide bonds. The molecule has 1 aliphatic rings. The normalized spacial score (nSPS) is 22.2. The largest absolute Gasteiger partial charge is 0.493 e. The summed E-state index contributed by atoms with van der Waals surface area (Å²) in [6.45, 7) is 1.78. The molecule has 8 heteroatoms. The van der Waals surface area contributed by atoms with E-state index in [-0.39, 0.29) is 17.9 Å². The molecule has 1 fully saturated rings. The van der Waals surface area contributed by atoms with E-state index < -0.39 is 13.5 Å². The van der Waals surface area contributed by atoms with Crippen LogP contribution in [0, 0.1) is 11.7 Å². The van der Waals surface area contributed by atoms with E-state index in [9.17, 15) is 19.0 Å². The van der Waals surface area contributed by atoms with Crippen molar-refractivity contribution in [3.8, 4) is 11.6 Å². The van der Waals surface area contributed by atoms with Gasteiger partial charge in [-0.1, -0.05) is 12.1 Å². The molecule has 164 valence electrons. The minimum Gasteiger partial charge on any atom is -0.493 e. The number of benzene rings is 1. The Morgan fingerprint density at radius 1 is 1.27 bits per heavy atom. The molecule has 1 aromatic carbocycles. The Balaban J connectivity index is 1.53. The molecule has 6 nitrogen and oxygen atoms in total. The van der Waals surface area contributed by atoms with Crippen LogP contribution in [0.25, 0.3) is 0 Å². The summed E-state index contributed by atoms with van der Waals surface area (Å²) in [4.78, 5) is 13.4. The fourth-order valence-corrected chi connectivity index (χ4v) is 4.80. The first kappa shape index (κ1) is 22.7. The summed E-state index contributed by atoms with van der Waals surface area (Å²) in [5, 5.41) is 10.2. The summed E-state index contributed by atoms with van der Waals surface area (Å²) < 4.78 is 36.7. The number of aliphatic hydroxyl groups is 1. The number of rotatable bonds is 8. The van der Waals surface area contributed by atoms with E-state index in [1.165, 1.54) is 20.0 Å². The summed E-state index contributed by atoms with van der Waals surface area (Å²) in [6, 6.07) is 8.70. The maximum absolute atomic E-state index is 14.2. The van der Waals surface area contributed by atoms with Crippen LogP contribution in [-0.4, -0.2) is 41.5 Å². The fraction of sp³-hybridized carbons (Fsp3) is 0.500. The van der Waals surface area contributed by atoms with Crippen LogP contribution in [0.1, 0.15) is 48.8 Å². The lowest BCUT2D eigenvalue weighted by Crippen LogP contribution is -2.20. The molecule has 2 N–H and O–H groups in total. The van der Waals surface area contributed by atoms with Crippen LogP contribution in [0.3, 0.4) is 0 Å².